The van der Waals surface area contributed by atoms with Crippen LogP contribution in [0.3, 0.4) is 0 Å². The van der Waals surface area contributed by atoms with Gasteiger partial charge in [0, 0.05) is 18.3 Å². The number of anilines is 2. The Bertz CT molecular complexity index is 1490. The summed E-state index contributed by atoms with van der Waals surface area (Å²) in [6, 6.07) is 19.6. The normalized spacial score (nSPS) is 11.4. The van der Waals surface area contributed by atoms with Crippen molar-refractivity contribution in [2.75, 3.05) is 23.3 Å². The number of hydrogen-bond donors (Lipinski definition) is 1. The van der Waals surface area contributed by atoms with E-state index in [1.54, 1.807) is 65.2 Å². The molecule has 0 radical (unpaired) electrons. The van der Waals surface area contributed by atoms with Crippen LogP contribution in [0.25, 0.3) is 10.2 Å². The molecule has 0 fully saturated rings. The van der Waals surface area contributed by atoms with Crippen LogP contribution < -0.4 is 19.2 Å². The standard InChI is InChI=1S/C24H23N3O5S2/c1-3-26-21-13-12-17(14-22(21)33-24(26)29)25-23(28)16-27(18-8-7-9-19(15-18)32-2)34(30,31)20-10-5-4-6-11-20/h4-15H,3,16H2,1-2H3,(H,25,28). The first-order chi connectivity index (χ1) is 16.3. The molecule has 0 spiro atoms. The lowest BCUT2D eigenvalue weighted by atomic mass is 10.3. The number of hydrogen-bond acceptors (Lipinski definition) is 6. The van der Waals surface area contributed by atoms with Crippen LogP contribution in [0.15, 0.2) is 82.5 Å². The highest BCUT2D eigenvalue weighted by Gasteiger charge is 2.27. The molecule has 0 unspecified atom stereocenters. The largest absolute Gasteiger partial charge is 0.497 e. The number of aromatic nitrogens is 1. The monoisotopic (exact) mass is 497 g/mol. The van der Waals surface area contributed by atoms with Crippen LogP contribution in [0, 0.1) is 0 Å². The molecule has 4 aromatic rings. The van der Waals surface area contributed by atoms with Gasteiger partial charge in [0.25, 0.3) is 10.0 Å². The number of amides is 1. The minimum Gasteiger partial charge on any atom is -0.497 e. The summed E-state index contributed by atoms with van der Waals surface area (Å²) in [6.45, 7) is 2.00. The summed E-state index contributed by atoms with van der Waals surface area (Å²) in [5.41, 5.74) is 1.57. The molecule has 0 aliphatic rings. The highest BCUT2D eigenvalue weighted by Crippen LogP contribution is 2.27. The highest BCUT2D eigenvalue weighted by atomic mass is 32.2. The minimum atomic E-state index is -4.03. The van der Waals surface area contributed by atoms with E-state index in [-0.39, 0.29) is 9.77 Å². The fourth-order valence-electron chi connectivity index (χ4n) is 3.57. The number of benzene rings is 3. The number of carbonyl (C=O) groups is 1. The number of rotatable bonds is 8. The average Bonchev–Trinajstić information content (AvgIpc) is 3.17. The van der Waals surface area contributed by atoms with Gasteiger partial charge in [-0.1, -0.05) is 35.6 Å². The van der Waals surface area contributed by atoms with Crippen molar-refractivity contribution in [1.82, 2.24) is 4.57 Å². The van der Waals surface area contributed by atoms with Crippen LogP contribution in [0.1, 0.15) is 6.92 Å². The van der Waals surface area contributed by atoms with Crippen LogP contribution in [-0.4, -0.2) is 32.5 Å². The molecule has 1 heterocycles. The molecule has 0 aliphatic heterocycles. The zero-order chi connectivity index (χ0) is 24.3. The van der Waals surface area contributed by atoms with Crippen LogP contribution in [0.5, 0.6) is 5.75 Å². The average molecular weight is 498 g/mol. The first-order valence-electron chi connectivity index (χ1n) is 10.5. The molecule has 8 nitrogen and oxygen atoms in total. The summed E-state index contributed by atoms with van der Waals surface area (Å²) in [6.07, 6.45) is 0. The number of ether oxygens (including phenoxy) is 1. The van der Waals surface area contributed by atoms with Crippen molar-refractivity contribution >= 4 is 48.9 Å². The zero-order valence-electron chi connectivity index (χ0n) is 18.6. The molecule has 1 aromatic heterocycles. The molecule has 0 atom stereocenters. The van der Waals surface area contributed by atoms with Crippen molar-refractivity contribution in [2.24, 2.45) is 0 Å². The molecule has 1 N–H and O–H groups in total. The molecule has 3 aromatic carbocycles. The lowest BCUT2D eigenvalue weighted by molar-refractivity contribution is -0.114. The van der Waals surface area contributed by atoms with Crippen LogP contribution in [0.4, 0.5) is 11.4 Å². The van der Waals surface area contributed by atoms with E-state index >= 15 is 0 Å². The molecule has 1 amide bonds. The molecule has 10 heteroatoms. The van der Waals surface area contributed by atoms with Gasteiger partial charge in [0.2, 0.25) is 5.91 Å². The van der Waals surface area contributed by atoms with E-state index in [9.17, 15) is 18.0 Å². The topological polar surface area (TPSA) is 97.7 Å². The highest BCUT2D eigenvalue weighted by molar-refractivity contribution is 7.92. The van der Waals surface area contributed by atoms with E-state index in [2.05, 4.69) is 5.32 Å². The number of aryl methyl sites for hydroxylation is 1. The number of methoxy groups -OCH3 is 1. The smallest absolute Gasteiger partial charge is 0.308 e. The number of nitrogens with one attached hydrogen (secondary N) is 1. The first-order valence-corrected chi connectivity index (χ1v) is 12.7. The fraction of sp³-hybridized carbons (Fsp3) is 0.167. The van der Waals surface area contributed by atoms with E-state index in [0.29, 0.717) is 23.7 Å². The predicted molar refractivity (Wildman–Crippen MR) is 134 cm³/mol. The molecule has 4 rings (SSSR count). The molecular formula is C24H23N3O5S2. The van der Waals surface area contributed by atoms with E-state index in [4.69, 9.17) is 4.74 Å². The number of thiazole rings is 1. The van der Waals surface area contributed by atoms with Crippen molar-refractivity contribution in [3.05, 3.63) is 82.5 Å². The summed E-state index contributed by atoms with van der Waals surface area (Å²) in [5, 5.41) is 2.75. The van der Waals surface area contributed by atoms with Crippen molar-refractivity contribution in [3.63, 3.8) is 0 Å². The maximum absolute atomic E-state index is 13.4. The van der Waals surface area contributed by atoms with Crippen molar-refractivity contribution in [2.45, 2.75) is 18.4 Å². The summed E-state index contributed by atoms with van der Waals surface area (Å²) in [5.74, 6) is -0.0593. The lowest BCUT2D eigenvalue weighted by Gasteiger charge is -2.24. The first kappa shape index (κ1) is 23.5. The fourth-order valence-corrected chi connectivity index (χ4v) is 6.00. The number of fused-ring (bicyclic) bond motifs is 1. The Morgan fingerprint density at radius 1 is 1.06 bits per heavy atom. The zero-order valence-corrected chi connectivity index (χ0v) is 20.2. The molecule has 0 saturated carbocycles. The quantitative estimate of drug-likeness (QED) is 0.398. The van der Waals surface area contributed by atoms with Gasteiger partial charge in [-0.25, -0.2) is 8.42 Å². The van der Waals surface area contributed by atoms with Gasteiger partial charge in [0.1, 0.15) is 12.3 Å². The molecule has 0 aliphatic carbocycles. The van der Waals surface area contributed by atoms with Gasteiger partial charge in [-0.05, 0) is 49.4 Å². The van der Waals surface area contributed by atoms with Crippen molar-refractivity contribution in [3.8, 4) is 5.75 Å². The molecule has 0 saturated heterocycles. The number of carbonyl (C=O) groups excluding carboxylic acids is 1. The maximum atomic E-state index is 13.4. The third kappa shape index (κ3) is 4.68. The summed E-state index contributed by atoms with van der Waals surface area (Å²) < 4.78 is 35.6. The molecule has 0 bridgehead atoms. The van der Waals surface area contributed by atoms with E-state index in [0.717, 1.165) is 25.9 Å². The second-order valence-electron chi connectivity index (χ2n) is 7.37. The predicted octanol–water partition coefficient (Wildman–Crippen LogP) is 3.93. The third-order valence-electron chi connectivity index (χ3n) is 5.23. The van der Waals surface area contributed by atoms with Gasteiger partial charge in [-0.3, -0.25) is 18.5 Å². The summed E-state index contributed by atoms with van der Waals surface area (Å²) in [4.78, 5) is 25.1. The lowest BCUT2D eigenvalue weighted by Crippen LogP contribution is -2.38. The van der Waals surface area contributed by atoms with E-state index in [1.807, 2.05) is 6.92 Å². The Morgan fingerprint density at radius 2 is 1.82 bits per heavy atom. The van der Waals surface area contributed by atoms with Gasteiger partial charge in [0.05, 0.1) is 27.9 Å². The van der Waals surface area contributed by atoms with E-state index in [1.165, 1.54) is 19.2 Å². The van der Waals surface area contributed by atoms with Crippen LogP contribution in [0.2, 0.25) is 0 Å². The Kier molecular flexibility index (Phi) is 6.71. The van der Waals surface area contributed by atoms with Gasteiger partial charge in [-0.2, -0.15) is 0 Å². The van der Waals surface area contributed by atoms with Gasteiger partial charge in [0.15, 0.2) is 0 Å². The summed E-state index contributed by atoms with van der Waals surface area (Å²) in [7, 11) is -2.55. The number of nitrogens with zero attached hydrogens (tertiary/aromatic N) is 2. The molecular weight excluding hydrogens is 474 g/mol. The van der Waals surface area contributed by atoms with Gasteiger partial charge < -0.3 is 10.1 Å². The van der Waals surface area contributed by atoms with Crippen molar-refractivity contribution < 1.29 is 17.9 Å². The Hall–Kier alpha value is -3.63. The maximum Gasteiger partial charge on any atom is 0.308 e. The Balaban J connectivity index is 1.65. The molecule has 34 heavy (non-hydrogen) atoms. The van der Waals surface area contributed by atoms with Crippen molar-refractivity contribution in [1.29, 1.82) is 0 Å². The second kappa shape index (κ2) is 9.70. The van der Waals surface area contributed by atoms with E-state index < -0.39 is 22.5 Å². The number of sulfonamides is 1. The Labute approximate surface area is 201 Å². The van der Waals surface area contributed by atoms with Crippen LogP contribution >= 0.6 is 11.3 Å². The molecule has 176 valence electrons. The SMILES string of the molecule is CCn1c(=O)sc2cc(NC(=O)CN(c3cccc(OC)c3)S(=O)(=O)c3ccccc3)ccc21. The van der Waals surface area contributed by atoms with Gasteiger partial charge in [-0.15, -0.1) is 0 Å². The van der Waals surface area contributed by atoms with Gasteiger partial charge >= 0.3 is 4.87 Å². The third-order valence-corrected chi connectivity index (χ3v) is 7.96. The minimum absolute atomic E-state index is 0.0673. The van der Waals surface area contributed by atoms with Crippen LogP contribution in [-0.2, 0) is 21.4 Å². The second-order valence-corrected chi connectivity index (χ2v) is 10.2. The Morgan fingerprint density at radius 3 is 2.53 bits per heavy atom. The summed E-state index contributed by atoms with van der Waals surface area (Å²) >= 11 is 1.10.